The van der Waals surface area contributed by atoms with Gasteiger partial charge in [-0.15, -0.1) is 0 Å². The van der Waals surface area contributed by atoms with Crippen molar-refractivity contribution in [3.8, 4) is 5.75 Å². The van der Waals surface area contributed by atoms with Gasteiger partial charge in [-0.25, -0.2) is 0 Å². The second-order valence-electron chi connectivity index (χ2n) is 4.32. The van der Waals surface area contributed by atoms with Crippen LogP contribution in [0, 0.1) is 0 Å². The third-order valence-corrected chi connectivity index (χ3v) is 3.28. The molecule has 2 aromatic rings. The van der Waals surface area contributed by atoms with Gasteiger partial charge in [0.25, 0.3) is 0 Å². The number of hydrogen-bond acceptors (Lipinski definition) is 2. The lowest BCUT2D eigenvalue weighted by atomic mass is 10.2. The van der Waals surface area contributed by atoms with Crippen LogP contribution in [0.25, 0.3) is 0 Å². The normalized spacial score (nSPS) is 10.4. The van der Waals surface area contributed by atoms with Gasteiger partial charge in [-0.05, 0) is 42.8 Å². The second-order valence-corrected chi connectivity index (χ2v) is 5.23. The third kappa shape index (κ3) is 5.45. The average Bonchev–Trinajstić information content (AvgIpc) is 2.46. The van der Waals surface area contributed by atoms with E-state index in [0.717, 1.165) is 36.3 Å². The molecular formula is C16H18BrNO. The summed E-state index contributed by atoms with van der Waals surface area (Å²) < 4.78 is 6.75. The molecule has 2 nitrogen and oxygen atoms in total. The molecule has 19 heavy (non-hydrogen) atoms. The number of rotatable bonds is 7. The highest BCUT2D eigenvalue weighted by Crippen LogP contribution is 2.10. The van der Waals surface area contributed by atoms with Gasteiger partial charge in [0, 0.05) is 11.0 Å². The standard InChI is InChI=1S/C16H18BrNO/c17-15-9-7-14(8-10-15)13-18-11-4-12-19-16-5-2-1-3-6-16/h1-3,5-10,18H,4,11-13H2. The Bertz CT molecular complexity index is 470. The summed E-state index contributed by atoms with van der Waals surface area (Å²) in [5.41, 5.74) is 1.30. The van der Waals surface area contributed by atoms with E-state index in [1.807, 2.05) is 30.3 Å². The molecule has 0 spiro atoms. The van der Waals surface area contributed by atoms with Crippen molar-refractivity contribution < 1.29 is 4.74 Å². The zero-order valence-corrected chi connectivity index (χ0v) is 12.4. The number of halogens is 1. The Morgan fingerprint density at radius 2 is 1.68 bits per heavy atom. The SMILES string of the molecule is Brc1ccc(CNCCCOc2ccccc2)cc1. The summed E-state index contributed by atoms with van der Waals surface area (Å²) in [5.74, 6) is 0.940. The Balaban J connectivity index is 1.56. The fourth-order valence-electron chi connectivity index (χ4n) is 1.74. The van der Waals surface area contributed by atoms with Gasteiger partial charge in [0.2, 0.25) is 0 Å². The quantitative estimate of drug-likeness (QED) is 0.779. The summed E-state index contributed by atoms with van der Waals surface area (Å²) in [6.45, 7) is 2.61. The zero-order chi connectivity index (χ0) is 13.3. The van der Waals surface area contributed by atoms with Gasteiger partial charge >= 0.3 is 0 Å². The molecule has 0 aromatic heterocycles. The van der Waals surface area contributed by atoms with Gasteiger partial charge in [-0.3, -0.25) is 0 Å². The molecule has 100 valence electrons. The van der Waals surface area contributed by atoms with Crippen LogP contribution >= 0.6 is 15.9 Å². The van der Waals surface area contributed by atoms with Gasteiger partial charge < -0.3 is 10.1 Å². The lowest BCUT2D eigenvalue weighted by molar-refractivity contribution is 0.308. The van der Waals surface area contributed by atoms with Crippen LogP contribution in [-0.4, -0.2) is 13.2 Å². The lowest BCUT2D eigenvalue weighted by Crippen LogP contribution is -2.16. The molecule has 0 saturated heterocycles. The first-order valence-corrected chi connectivity index (χ1v) is 7.27. The first kappa shape index (κ1) is 14.1. The van der Waals surface area contributed by atoms with E-state index in [9.17, 15) is 0 Å². The fourth-order valence-corrected chi connectivity index (χ4v) is 2.00. The van der Waals surface area contributed by atoms with Crippen LogP contribution in [0.4, 0.5) is 0 Å². The van der Waals surface area contributed by atoms with Gasteiger partial charge in [0.1, 0.15) is 5.75 Å². The van der Waals surface area contributed by atoms with E-state index >= 15 is 0 Å². The topological polar surface area (TPSA) is 21.3 Å². The highest BCUT2D eigenvalue weighted by Gasteiger charge is 1.94. The molecule has 0 heterocycles. The van der Waals surface area contributed by atoms with E-state index in [4.69, 9.17) is 4.74 Å². The molecule has 0 atom stereocenters. The van der Waals surface area contributed by atoms with Crippen LogP contribution in [0.1, 0.15) is 12.0 Å². The predicted octanol–water partition coefficient (Wildman–Crippen LogP) is 4.01. The van der Waals surface area contributed by atoms with E-state index in [-0.39, 0.29) is 0 Å². The Morgan fingerprint density at radius 3 is 2.42 bits per heavy atom. The first-order valence-electron chi connectivity index (χ1n) is 6.47. The Morgan fingerprint density at radius 1 is 0.947 bits per heavy atom. The maximum absolute atomic E-state index is 5.63. The molecule has 0 unspecified atom stereocenters. The van der Waals surface area contributed by atoms with Crippen LogP contribution in [0.2, 0.25) is 0 Å². The average molecular weight is 320 g/mol. The predicted molar refractivity (Wildman–Crippen MR) is 82.4 cm³/mol. The van der Waals surface area contributed by atoms with E-state index in [0.29, 0.717) is 0 Å². The van der Waals surface area contributed by atoms with Crippen molar-refractivity contribution in [1.82, 2.24) is 5.32 Å². The minimum Gasteiger partial charge on any atom is -0.494 e. The number of hydrogen-bond donors (Lipinski definition) is 1. The van der Waals surface area contributed by atoms with Gasteiger partial charge in [0.05, 0.1) is 6.61 Å². The minimum absolute atomic E-state index is 0.747. The smallest absolute Gasteiger partial charge is 0.119 e. The summed E-state index contributed by atoms with van der Waals surface area (Å²) >= 11 is 3.43. The number of ether oxygens (including phenoxy) is 1. The third-order valence-electron chi connectivity index (χ3n) is 2.75. The molecule has 0 saturated carbocycles. The van der Waals surface area contributed by atoms with E-state index in [2.05, 4.69) is 45.5 Å². The van der Waals surface area contributed by atoms with Crippen LogP contribution in [0.5, 0.6) is 5.75 Å². The Labute approximate surface area is 122 Å². The molecule has 0 radical (unpaired) electrons. The van der Waals surface area contributed by atoms with Crippen LogP contribution < -0.4 is 10.1 Å². The number of para-hydroxylation sites is 1. The van der Waals surface area contributed by atoms with Crippen molar-refractivity contribution in [2.45, 2.75) is 13.0 Å². The van der Waals surface area contributed by atoms with Crippen molar-refractivity contribution in [2.75, 3.05) is 13.2 Å². The largest absolute Gasteiger partial charge is 0.494 e. The lowest BCUT2D eigenvalue weighted by Gasteiger charge is -2.07. The molecule has 3 heteroatoms. The molecule has 1 N–H and O–H groups in total. The highest BCUT2D eigenvalue weighted by atomic mass is 79.9. The second kappa shape index (κ2) is 7.97. The zero-order valence-electron chi connectivity index (χ0n) is 10.8. The number of nitrogens with one attached hydrogen (secondary N) is 1. The molecule has 2 rings (SSSR count). The number of benzene rings is 2. The van der Waals surface area contributed by atoms with Crippen LogP contribution in [-0.2, 0) is 6.54 Å². The maximum atomic E-state index is 5.63. The van der Waals surface area contributed by atoms with Crippen molar-refractivity contribution in [1.29, 1.82) is 0 Å². The fraction of sp³-hybridized carbons (Fsp3) is 0.250. The molecule has 0 aliphatic heterocycles. The van der Waals surface area contributed by atoms with Crippen molar-refractivity contribution in [3.63, 3.8) is 0 Å². The summed E-state index contributed by atoms with van der Waals surface area (Å²) in [4.78, 5) is 0. The van der Waals surface area contributed by atoms with E-state index in [1.54, 1.807) is 0 Å². The first-order chi connectivity index (χ1) is 9.34. The molecule has 0 bridgehead atoms. The van der Waals surface area contributed by atoms with Crippen molar-refractivity contribution >= 4 is 15.9 Å². The van der Waals surface area contributed by atoms with Gasteiger partial charge in [-0.2, -0.15) is 0 Å². The highest BCUT2D eigenvalue weighted by molar-refractivity contribution is 9.10. The van der Waals surface area contributed by atoms with Crippen molar-refractivity contribution in [2.24, 2.45) is 0 Å². The monoisotopic (exact) mass is 319 g/mol. The van der Waals surface area contributed by atoms with Crippen LogP contribution in [0.15, 0.2) is 59.1 Å². The minimum atomic E-state index is 0.747. The Kier molecular flexibility index (Phi) is 5.92. The molecule has 0 fully saturated rings. The van der Waals surface area contributed by atoms with Gasteiger partial charge in [-0.1, -0.05) is 46.3 Å². The van der Waals surface area contributed by atoms with Gasteiger partial charge in [0.15, 0.2) is 0 Å². The van der Waals surface area contributed by atoms with E-state index < -0.39 is 0 Å². The molecule has 0 aliphatic carbocycles. The molecule has 0 aliphatic rings. The maximum Gasteiger partial charge on any atom is 0.119 e. The molecular weight excluding hydrogens is 302 g/mol. The van der Waals surface area contributed by atoms with Crippen molar-refractivity contribution in [3.05, 3.63) is 64.6 Å². The summed E-state index contributed by atoms with van der Waals surface area (Å²) in [6, 6.07) is 18.3. The van der Waals surface area contributed by atoms with Crippen LogP contribution in [0.3, 0.4) is 0 Å². The summed E-state index contributed by atoms with van der Waals surface area (Å²) in [5, 5.41) is 3.41. The summed E-state index contributed by atoms with van der Waals surface area (Å²) in [7, 11) is 0. The summed E-state index contributed by atoms with van der Waals surface area (Å²) in [6.07, 6.45) is 1.01. The molecule has 0 amide bonds. The Hall–Kier alpha value is -1.32. The molecule has 2 aromatic carbocycles. The van der Waals surface area contributed by atoms with E-state index in [1.165, 1.54) is 5.56 Å².